The number of aromatic nitrogens is 4. The van der Waals surface area contributed by atoms with Gasteiger partial charge in [0.05, 0.1) is 11.4 Å². The first-order valence-corrected chi connectivity index (χ1v) is 5.95. The summed E-state index contributed by atoms with van der Waals surface area (Å²) in [6.45, 7) is 5.05. The van der Waals surface area contributed by atoms with Gasteiger partial charge in [-0.25, -0.2) is 0 Å². The molecule has 2 N–H and O–H groups in total. The molecule has 0 saturated carbocycles. The van der Waals surface area contributed by atoms with Crippen LogP contribution in [0.4, 0.5) is 5.69 Å². The monoisotopic (exact) mass is 233 g/mol. The number of hydrogen-bond acceptors (Lipinski definition) is 3. The second-order valence-corrected chi connectivity index (χ2v) is 4.35. The fourth-order valence-corrected chi connectivity index (χ4v) is 1.91. The Labute approximate surface area is 101 Å². The molecule has 0 saturated heterocycles. The van der Waals surface area contributed by atoms with E-state index < -0.39 is 0 Å². The first-order valence-electron chi connectivity index (χ1n) is 5.95. The van der Waals surface area contributed by atoms with E-state index in [0.29, 0.717) is 0 Å². The van der Waals surface area contributed by atoms with E-state index in [0.717, 1.165) is 42.0 Å². The number of unbranched alkanes of at least 4 members (excludes halogenated alkanes) is 1. The highest BCUT2D eigenvalue weighted by Gasteiger charge is 2.13. The number of aryl methyl sites for hydroxylation is 3. The maximum absolute atomic E-state index is 6.00. The molecule has 0 aliphatic carbocycles. The molecule has 0 amide bonds. The maximum atomic E-state index is 6.00. The Bertz CT molecular complexity index is 509. The Balaban J connectivity index is 2.32. The zero-order valence-electron chi connectivity index (χ0n) is 10.6. The number of nitrogens with zero attached hydrogens (tertiary/aromatic N) is 4. The standard InChI is InChI=1S/C12H19N5/c1-4-5-6-17-8-11(13)12(15-17)10-7-16(3)14-9(10)2/h7-8H,4-6,13H2,1-3H3. The Morgan fingerprint density at radius 3 is 2.65 bits per heavy atom. The lowest BCUT2D eigenvalue weighted by Crippen LogP contribution is -1.98. The molecule has 0 radical (unpaired) electrons. The highest BCUT2D eigenvalue weighted by molar-refractivity contribution is 5.73. The van der Waals surface area contributed by atoms with Gasteiger partial charge in [-0.2, -0.15) is 10.2 Å². The van der Waals surface area contributed by atoms with Gasteiger partial charge >= 0.3 is 0 Å². The van der Waals surface area contributed by atoms with E-state index in [4.69, 9.17) is 5.73 Å². The minimum absolute atomic E-state index is 0.720. The van der Waals surface area contributed by atoms with Gasteiger partial charge in [-0.1, -0.05) is 13.3 Å². The molecule has 0 aliphatic rings. The van der Waals surface area contributed by atoms with Gasteiger partial charge in [-0.05, 0) is 13.3 Å². The summed E-state index contributed by atoms with van der Waals surface area (Å²) in [5.41, 5.74) is 9.53. The summed E-state index contributed by atoms with van der Waals surface area (Å²) < 4.78 is 3.70. The predicted molar refractivity (Wildman–Crippen MR) is 68.5 cm³/mol. The first kappa shape index (κ1) is 11.7. The Kier molecular flexibility index (Phi) is 3.17. The van der Waals surface area contributed by atoms with Crippen molar-refractivity contribution in [2.45, 2.75) is 33.2 Å². The van der Waals surface area contributed by atoms with Crippen LogP contribution in [0.15, 0.2) is 12.4 Å². The topological polar surface area (TPSA) is 61.7 Å². The Morgan fingerprint density at radius 1 is 1.29 bits per heavy atom. The number of hydrogen-bond donors (Lipinski definition) is 1. The quantitative estimate of drug-likeness (QED) is 0.878. The lowest BCUT2D eigenvalue weighted by molar-refractivity contribution is 0.573. The molecule has 0 fully saturated rings. The zero-order chi connectivity index (χ0) is 12.4. The van der Waals surface area contributed by atoms with Crippen molar-refractivity contribution in [2.75, 3.05) is 5.73 Å². The third-order valence-electron chi connectivity index (χ3n) is 2.80. The van der Waals surface area contributed by atoms with Crippen molar-refractivity contribution in [2.24, 2.45) is 7.05 Å². The molecule has 0 atom stereocenters. The van der Waals surface area contributed by atoms with Gasteiger partial charge in [0, 0.05) is 31.5 Å². The average molecular weight is 233 g/mol. The van der Waals surface area contributed by atoms with Crippen LogP contribution >= 0.6 is 0 Å². The van der Waals surface area contributed by atoms with Gasteiger partial charge in [0.15, 0.2) is 0 Å². The van der Waals surface area contributed by atoms with Crippen molar-refractivity contribution in [1.82, 2.24) is 19.6 Å². The fourth-order valence-electron chi connectivity index (χ4n) is 1.91. The third-order valence-corrected chi connectivity index (χ3v) is 2.80. The number of rotatable bonds is 4. The molecule has 0 bridgehead atoms. The number of anilines is 1. The largest absolute Gasteiger partial charge is 0.396 e. The SMILES string of the molecule is CCCCn1cc(N)c(-c2cn(C)nc2C)n1. The van der Waals surface area contributed by atoms with E-state index >= 15 is 0 Å². The summed E-state index contributed by atoms with van der Waals surface area (Å²) in [7, 11) is 1.90. The molecule has 0 spiro atoms. The molecular weight excluding hydrogens is 214 g/mol. The van der Waals surface area contributed by atoms with E-state index in [2.05, 4.69) is 17.1 Å². The highest BCUT2D eigenvalue weighted by atomic mass is 15.3. The summed E-state index contributed by atoms with van der Waals surface area (Å²) in [4.78, 5) is 0. The van der Waals surface area contributed by atoms with Gasteiger partial charge in [0.1, 0.15) is 5.69 Å². The third kappa shape index (κ3) is 2.33. The molecule has 2 heterocycles. The highest BCUT2D eigenvalue weighted by Crippen LogP contribution is 2.26. The Hall–Kier alpha value is -1.78. The Morgan fingerprint density at radius 2 is 2.06 bits per heavy atom. The molecule has 5 nitrogen and oxygen atoms in total. The van der Waals surface area contributed by atoms with Gasteiger partial charge in [-0.3, -0.25) is 9.36 Å². The van der Waals surface area contributed by atoms with E-state index in [1.165, 1.54) is 0 Å². The van der Waals surface area contributed by atoms with Crippen molar-refractivity contribution in [3.05, 3.63) is 18.1 Å². The lowest BCUT2D eigenvalue weighted by atomic mass is 10.2. The van der Waals surface area contributed by atoms with Gasteiger partial charge < -0.3 is 5.73 Å². The van der Waals surface area contributed by atoms with Crippen LogP contribution in [0.25, 0.3) is 11.3 Å². The van der Waals surface area contributed by atoms with Crippen molar-refractivity contribution >= 4 is 5.69 Å². The molecule has 92 valence electrons. The summed E-state index contributed by atoms with van der Waals surface area (Å²) in [5, 5.41) is 8.84. The van der Waals surface area contributed by atoms with Crippen molar-refractivity contribution in [1.29, 1.82) is 0 Å². The van der Waals surface area contributed by atoms with E-state index in [1.54, 1.807) is 4.68 Å². The van der Waals surface area contributed by atoms with Crippen LogP contribution < -0.4 is 5.73 Å². The summed E-state index contributed by atoms with van der Waals surface area (Å²) in [5.74, 6) is 0. The average Bonchev–Trinajstić information content (AvgIpc) is 2.79. The maximum Gasteiger partial charge on any atom is 0.119 e. The lowest BCUT2D eigenvalue weighted by Gasteiger charge is -1.97. The summed E-state index contributed by atoms with van der Waals surface area (Å²) >= 11 is 0. The van der Waals surface area contributed by atoms with Crippen LogP contribution in [-0.4, -0.2) is 19.6 Å². The zero-order valence-corrected chi connectivity index (χ0v) is 10.6. The first-order chi connectivity index (χ1) is 8.11. The summed E-state index contributed by atoms with van der Waals surface area (Å²) in [6, 6.07) is 0. The van der Waals surface area contributed by atoms with Crippen LogP contribution in [0.3, 0.4) is 0 Å². The molecule has 2 aromatic heterocycles. The van der Waals surface area contributed by atoms with Crippen molar-refractivity contribution in [3.8, 4) is 11.3 Å². The van der Waals surface area contributed by atoms with E-state index in [-0.39, 0.29) is 0 Å². The van der Waals surface area contributed by atoms with Crippen LogP contribution in [0.1, 0.15) is 25.5 Å². The number of nitrogens with two attached hydrogens (primary N) is 1. The molecule has 0 aromatic carbocycles. The van der Waals surface area contributed by atoms with Crippen LogP contribution in [0.5, 0.6) is 0 Å². The smallest absolute Gasteiger partial charge is 0.119 e. The minimum Gasteiger partial charge on any atom is -0.396 e. The molecule has 5 heteroatoms. The summed E-state index contributed by atoms with van der Waals surface area (Å²) in [6.07, 6.45) is 6.13. The van der Waals surface area contributed by atoms with Crippen LogP contribution in [-0.2, 0) is 13.6 Å². The van der Waals surface area contributed by atoms with Gasteiger partial charge in [0.25, 0.3) is 0 Å². The molecule has 0 aliphatic heterocycles. The van der Waals surface area contributed by atoms with Crippen LogP contribution in [0, 0.1) is 6.92 Å². The van der Waals surface area contributed by atoms with Gasteiger partial charge in [-0.15, -0.1) is 0 Å². The minimum atomic E-state index is 0.720. The van der Waals surface area contributed by atoms with Crippen molar-refractivity contribution in [3.63, 3.8) is 0 Å². The van der Waals surface area contributed by atoms with Gasteiger partial charge in [0.2, 0.25) is 0 Å². The predicted octanol–water partition coefficient (Wildman–Crippen LogP) is 1.97. The second-order valence-electron chi connectivity index (χ2n) is 4.35. The second kappa shape index (κ2) is 4.61. The molecule has 2 rings (SSSR count). The number of nitrogen functional groups attached to an aromatic ring is 1. The van der Waals surface area contributed by atoms with Crippen molar-refractivity contribution < 1.29 is 0 Å². The van der Waals surface area contributed by atoms with E-state index in [1.807, 2.05) is 31.0 Å². The van der Waals surface area contributed by atoms with E-state index in [9.17, 15) is 0 Å². The molecular formula is C12H19N5. The van der Waals surface area contributed by atoms with Crippen LogP contribution in [0.2, 0.25) is 0 Å². The fraction of sp³-hybridized carbons (Fsp3) is 0.500. The molecule has 0 unspecified atom stereocenters. The molecule has 17 heavy (non-hydrogen) atoms. The normalized spacial score (nSPS) is 11.0. The molecule has 2 aromatic rings.